The number of quaternary nitrogens is 1. The molecule has 0 aliphatic heterocycles. The molecule has 0 heterocycles. The maximum atomic E-state index is 8.39. The van der Waals surface area contributed by atoms with E-state index in [4.69, 9.17) is 5.11 Å². The normalized spacial score (nSPS) is 10.5. The summed E-state index contributed by atoms with van der Waals surface area (Å²) in [5.74, 6) is 0. The maximum Gasteiger partial charge on any atom is 3.00 e. The van der Waals surface area contributed by atoms with Crippen LogP contribution in [0.3, 0.4) is 0 Å². The molecule has 0 radical (unpaired) electrons. The van der Waals surface area contributed by atoms with Gasteiger partial charge in [-0.25, -0.2) is 0 Å². The largest absolute Gasteiger partial charge is 3.00 e. The Bertz CT molecular complexity index is 50.9. The summed E-state index contributed by atoms with van der Waals surface area (Å²) >= 11 is 0. The SMILES string of the molecule is C[N+](C)(C)CCO.[Al+3]. The van der Waals surface area contributed by atoms with Gasteiger partial charge in [0, 0.05) is 0 Å². The van der Waals surface area contributed by atoms with Crippen LogP contribution in [0.15, 0.2) is 0 Å². The number of hydrogen-bond donors (Lipinski definition) is 1. The second-order valence-corrected chi connectivity index (χ2v) is 2.74. The van der Waals surface area contributed by atoms with Gasteiger partial charge >= 0.3 is 17.4 Å². The van der Waals surface area contributed by atoms with Crippen molar-refractivity contribution in [1.82, 2.24) is 0 Å². The van der Waals surface area contributed by atoms with Gasteiger partial charge in [0.25, 0.3) is 0 Å². The van der Waals surface area contributed by atoms with Crippen LogP contribution in [0.25, 0.3) is 0 Å². The molecule has 0 aliphatic rings. The Morgan fingerprint density at radius 1 is 1.25 bits per heavy atom. The third-order valence-corrected chi connectivity index (χ3v) is 0.771. The Morgan fingerprint density at radius 2 is 1.62 bits per heavy atom. The summed E-state index contributed by atoms with van der Waals surface area (Å²) < 4.78 is 0.844. The van der Waals surface area contributed by atoms with Crippen LogP contribution in [0.2, 0.25) is 0 Å². The summed E-state index contributed by atoms with van der Waals surface area (Å²) in [5, 5.41) is 8.39. The third kappa shape index (κ3) is 9.68. The van der Waals surface area contributed by atoms with Crippen LogP contribution in [0.5, 0.6) is 0 Å². The molecule has 3 heteroatoms. The molecular weight excluding hydrogens is 117 g/mol. The third-order valence-electron chi connectivity index (χ3n) is 0.771. The Morgan fingerprint density at radius 3 is 1.62 bits per heavy atom. The number of nitrogens with zero attached hydrogens (tertiary/aromatic N) is 1. The first kappa shape index (κ1) is 11.3. The summed E-state index contributed by atoms with van der Waals surface area (Å²) in [5.41, 5.74) is 0. The molecule has 0 aromatic heterocycles. The van der Waals surface area contributed by atoms with Crippen molar-refractivity contribution in [2.24, 2.45) is 0 Å². The molecule has 2 nitrogen and oxygen atoms in total. The first-order valence-corrected chi connectivity index (χ1v) is 2.47. The van der Waals surface area contributed by atoms with Crippen molar-refractivity contribution in [2.45, 2.75) is 0 Å². The van der Waals surface area contributed by atoms with E-state index in [0.29, 0.717) is 0 Å². The Labute approximate surface area is 61.8 Å². The molecule has 0 saturated carbocycles. The second kappa shape index (κ2) is 4.34. The van der Waals surface area contributed by atoms with Crippen LogP contribution in [-0.2, 0) is 0 Å². The zero-order chi connectivity index (χ0) is 5.91. The number of rotatable bonds is 2. The van der Waals surface area contributed by atoms with Crippen LogP contribution in [0, 0.1) is 0 Å². The van der Waals surface area contributed by atoms with E-state index in [2.05, 4.69) is 21.1 Å². The molecule has 0 rings (SSSR count). The van der Waals surface area contributed by atoms with Gasteiger partial charge in [0.2, 0.25) is 0 Å². The van der Waals surface area contributed by atoms with Crippen molar-refractivity contribution in [1.29, 1.82) is 0 Å². The fourth-order valence-electron chi connectivity index (χ4n) is 0.300. The van der Waals surface area contributed by atoms with Gasteiger partial charge in [-0.1, -0.05) is 0 Å². The van der Waals surface area contributed by atoms with Gasteiger partial charge in [-0.2, -0.15) is 0 Å². The molecule has 0 aromatic rings. The van der Waals surface area contributed by atoms with Crippen molar-refractivity contribution in [3.63, 3.8) is 0 Å². The maximum absolute atomic E-state index is 8.39. The number of likely N-dealkylation sites (N-methyl/N-ethyl adjacent to an activating group) is 1. The average Bonchev–Trinajstić information content (AvgIpc) is 1.30. The van der Waals surface area contributed by atoms with Crippen molar-refractivity contribution < 1.29 is 9.59 Å². The molecule has 0 aromatic carbocycles. The molecule has 0 atom stereocenters. The fourth-order valence-corrected chi connectivity index (χ4v) is 0.300. The smallest absolute Gasteiger partial charge is 0.391 e. The minimum Gasteiger partial charge on any atom is -0.391 e. The predicted molar refractivity (Wildman–Crippen MR) is 35.7 cm³/mol. The van der Waals surface area contributed by atoms with Crippen LogP contribution in [0.4, 0.5) is 0 Å². The minimum absolute atomic E-state index is 0. The molecule has 8 heavy (non-hydrogen) atoms. The van der Waals surface area contributed by atoms with Gasteiger partial charge in [0.1, 0.15) is 6.54 Å². The van der Waals surface area contributed by atoms with Crippen LogP contribution in [-0.4, -0.2) is 61.2 Å². The van der Waals surface area contributed by atoms with E-state index in [1.54, 1.807) is 0 Å². The summed E-state index contributed by atoms with van der Waals surface area (Å²) in [4.78, 5) is 0. The molecule has 0 fully saturated rings. The van der Waals surface area contributed by atoms with E-state index in [9.17, 15) is 0 Å². The zero-order valence-corrected chi connectivity index (χ0v) is 7.04. The first-order chi connectivity index (χ1) is 3.06. The molecule has 44 valence electrons. The van der Waals surface area contributed by atoms with Crippen molar-refractivity contribution in [3.8, 4) is 0 Å². The number of aliphatic hydroxyl groups excluding tert-OH is 1. The van der Waals surface area contributed by atoms with Gasteiger partial charge in [-0.15, -0.1) is 0 Å². The molecule has 0 spiro atoms. The van der Waals surface area contributed by atoms with E-state index >= 15 is 0 Å². The van der Waals surface area contributed by atoms with Crippen LogP contribution >= 0.6 is 0 Å². The van der Waals surface area contributed by atoms with Gasteiger partial charge in [-0.3, -0.25) is 0 Å². The van der Waals surface area contributed by atoms with Gasteiger partial charge < -0.3 is 9.59 Å². The predicted octanol–water partition coefficient (Wildman–Crippen LogP) is -0.696. The molecule has 0 aliphatic carbocycles. The number of hydrogen-bond acceptors (Lipinski definition) is 1. The van der Waals surface area contributed by atoms with Crippen molar-refractivity contribution in [2.75, 3.05) is 34.3 Å². The molecular formula is C5H14AlNO+4. The fraction of sp³-hybridized carbons (Fsp3) is 1.00. The Hall–Kier alpha value is 0.452. The zero-order valence-electron chi connectivity index (χ0n) is 5.89. The Balaban J connectivity index is 0. The van der Waals surface area contributed by atoms with Crippen LogP contribution in [0.1, 0.15) is 0 Å². The molecule has 0 bridgehead atoms. The van der Waals surface area contributed by atoms with Crippen LogP contribution < -0.4 is 0 Å². The monoisotopic (exact) mass is 131 g/mol. The molecule has 1 N–H and O–H groups in total. The first-order valence-electron chi connectivity index (χ1n) is 2.47. The molecule has 0 unspecified atom stereocenters. The van der Waals surface area contributed by atoms with Gasteiger partial charge in [-0.05, 0) is 0 Å². The van der Waals surface area contributed by atoms with E-state index in [1.807, 2.05) is 0 Å². The standard InChI is InChI=1S/C5H14NO.Al/c1-6(2,3)4-5-7;/h7H,4-5H2,1-3H3;/q+1;+3. The van der Waals surface area contributed by atoms with Crippen molar-refractivity contribution >= 4 is 17.4 Å². The summed E-state index contributed by atoms with van der Waals surface area (Å²) in [6.07, 6.45) is 0. The van der Waals surface area contributed by atoms with E-state index in [1.165, 1.54) is 0 Å². The quantitative estimate of drug-likeness (QED) is 0.388. The van der Waals surface area contributed by atoms with Gasteiger partial charge in [0.05, 0.1) is 27.7 Å². The minimum atomic E-state index is 0. The molecule has 0 amide bonds. The summed E-state index contributed by atoms with van der Waals surface area (Å²) in [7, 11) is 6.16. The second-order valence-electron chi connectivity index (χ2n) is 2.74. The number of aliphatic hydroxyl groups is 1. The summed E-state index contributed by atoms with van der Waals surface area (Å²) in [6.45, 7) is 1.11. The van der Waals surface area contributed by atoms with E-state index < -0.39 is 0 Å². The summed E-state index contributed by atoms with van der Waals surface area (Å²) in [6, 6.07) is 0. The van der Waals surface area contributed by atoms with E-state index in [0.717, 1.165) is 11.0 Å². The topological polar surface area (TPSA) is 20.2 Å². The van der Waals surface area contributed by atoms with Crippen molar-refractivity contribution in [3.05, 3.63) is 0 Å². The average molecular weight is 131 g/mol. The molecule has 0 saturated heterocycles. The Kier molecular flexibility index (Phi) is 6.12. The van der Waals surface area contributed by atoms with E-state index in [-0.39, 0.29) is 24.0 Å². The van der Waals surface area contributed by atoms with Gasteiger partial charge in [0.15, 0.2) is 0 Å².